The lowest BCUT2D eigenvalue weighted by Crippen LogP contribution is -2.07. The molecule has 0 saturated heterocycles. The van der Waals surface area contributed by atoms with Crippen LogP contribution in [0.5, 0.6) is 0 Å². The van der Waals surface area contributed by atoms with Crippen LogP contribution in [0.4, 0.5) is 0 Å². The van der Waals surface area contributed by atoms with Crippen LogP contribution in [0.25, 0.3) is 0 Å². The summed E-state index contributed by atoms with van der Waals surface area (Å²) in [5, 5.41) is -0.224. The largest absolute Gasteiger partial charge is 0.281 e. The average molecular weight is 288 g/mol. The minimum Gasteiger partial charge on any atom is -0.281 e. The first-order chi connectivity index (χ1) is 7.12. The SMILES string of the molecule is O=C(Cl)CCC1(c2ccc(Br)cc2)CC1. The molecule has 1 saturated carbocycles. The van der Waals surface area contributed by atoms with Crippen molar-refractivity contribution in [3.63, 3.8) is 0 Å². The molecular formula is C12H12BrClO. The van der Waals surface area contributed by atoms with Crippen molar-refractivity contribution in [3.8, 4) is 0 Å². The van der Waals surface area contributed by atoms with Gasteiger partial charge in [-0.25, -0.2) is 0 Å². The molecule has 1 fully saturated rings. The Morgan fingerprint density at radius 3 is 2.40 bits per heavy atom. The van der Waals surface area contributed by atoms with E-state index in [-0.39, 0.29) is 10.7 Å². The first-order valence-electron chi connectivity index (χ1n) is 5.07. The van der Waals surface area contributed by atoms with Crippen LogP contribution in [0.15, 0.2) is 28.7 Å². The van der Waals surface area contributed by atoms with Gasteiger partial charge in [-0.05, 0) is 54.0 Å². The van der Waals surface area contributed by atoms with E-state index in [4.69, 9.17) is 11.6 Å². The Labute approximate surface area is 103 Å². The van der Waals surface area contributed by atoms with Crippen molar-refractivity contribution in [3.05, 3.63) is 34.3 Å². The number of carbonyl (C=O) groups is 1. The molecule has 0 atom stereocenters. The Kier molecular flexibility index (Phi) is 3.17. The lowest BCUT2D eigenvalue weighted by Gasteiger charge is -2.14. The Balaban J connectivity index is 2.09. The van der Waals surface area contributed by atoms with Gasteiger partial charge in [0.15, 0.2) is 0 Å². The van der Waals surface area contributed by atoms with Crippen LogP contribution in [-0.2, 0) is 10.2 Å². The van der Waals surface area contributed by atoms with Gasteiger partial charge in [0.25, 0.3) is 0 Å². The second-order valence-electron chi connectivity index (χ2n) is 4.14. The third kappa shape index (κ3) is 2.61. The fourth-order valence-corrected chi connectivity index (χ4v) is 2.33. The highest BCUT2D eigenvalue weighted by molar-refractivity contribution is 9.10. The van der Waals surface area contributed by atoms with Crippen LogP contribution in [0.2, 0.25) is 0 Å². The first kappa shape index (κ1) is 11.2. The predicted octanol–water partition coefficient (Wildman–Crippen LogP) is 4.03. The highest BCUT2D eigenvalue weighted by Gasteiger charge is 2.43. The number of rotatable bonds is 4. The van der Waals surface area contributed by atoms with Crippen molar-refractivity contribution in [2.75, 3.05) is 0 Å². The number of hydrogen-bond donors (Lipinski definition) is 0. The Morgan fingerprint density at radius 2 is 1.93 bits per heavy atom. The number of halogens is 2. The molecule has 1 aromatic rings. The van der Waals surface area contributed by atoms with Crippen LogP contribution in [-0.4, -0.2) is 5.24 Å². The molecule has 0 spiro atoms. The van der Waals surface area contributed by atoms with Crippen molar-refractivity contribution >= 4 is 32.8 Å². The minimum atomic E-state index is -0.224. The Hall–Kier alpha value is -0.340. The topological polar surface area (TPSA) is 17.1 Å². The minimum absolute atomic E-state index is 0.224. The van der Waals surface area contributed by atoms with E-state index >= 15 is 0 Å². The fraction of sp³-hybridized carbons (Fsp3) is 0.417. The lowest BCUT2D eigenvalue weighted by atomic mass is 9.91. The molecule has 1 aliphatic rings. The van der Waals surface area contributed by atoms with Gasteiger partial charge in [0.1, 0.15) is 0 Å². The summed E-state index contributed by atoms with van der Waals surface area (Å²) >= 11 is 8.80. The molecule has 0 radical (unpaired) electrons. The molecule has 0 N–H and O–H groups in total. The third-order valence-corrected chi connectivity index (χ3v) is 3.83. The van der Waals surface area contributed by atoms with Crippen LogP contribution in [0.3, 0.4) is 0 Å². The number of hydrogen-bond acceptors (Lipinski definition) is 1. The first-order valence-corrected chi connectivity index (χ1v) is 6.24. The molecule has 15 heavy (non-hydrogen) atoms. The van der Waals surface area contributed by atoms with Gasteiger partial charge in [0, 0.05) is 10.9 Å². The molecule has 3 heteroatoms. The maximum absolute atomic E-state index is 10.8. The summed E-state index contributed by atoms with van der Waals surface area (Å²) in [5.41, 5.74) is 1.58. The standard InChI is InChI=1S/C12H12BrClO/c13-10-3-1-9(2-4-10)12(7-8-12)6-5-11(14)15/h1-4H,5-8H2. The molecule has 0 amide bonds. The van der Waals surface area contributed by atoms with Gasteiger partial charge in [-0.2, -0.15) is 0 Å². The molecule has 1 aromatic carbocycles. The van der Waals surface area contributed by atoms with Gasteiger partial charge in [-0.3, -0.25) is 4.79 Å². The second kappa shape index (κ2) is 4.26. The zero-order chi connectivity index (χ0) is 10.9. The lowest BCUT2D eigenvalue weighted by molar-refractivity contribution is -0.111. The van der Waals surface area contributed by atoms with E-state index in [1.165, 1.54) is 18.4 Å². The van der Waals surface area contributed by atoms with Gasteiger partial charge in [0.2, 0.25) is 5.24 Å². The number of carbonyl (C=O) groups excluding carboxylic acids is 1. The molecule has 1 nitrogen and oxygen atoms in total. The molecule has 2 rings (SSSR count). The van der Waals surface area contributed by atoms with Crippen LogP contribution < -0.4 is 0 Å². The van der Waals surface area contributed by atoms with Crippen molar-refractivity contribution < 1.29 is 4.79 Å². The van der Waals surface area contributed by atoms with E-state index in [1.807, 2.05) is 0 Å². The van der Waals surface area contributed by atoms with Crippen molar-refractivity contribution in [1.82, 2.24) is 0 Å². The van der Waals surface area contributed by atoms with Gasteiger partial charge < -0.3 is 0 Å². The molecule has 0 bridgehead atoms. The smallest absolute Gasteiger partial charge is 0.221 e. The quantitative estimate of drug-likeness (QED) is 0.764. The van der Waals surface area contributed by atoms with Crippen LogP contribution >= 0.6 is 27.5 Å². The summed E-state index contributed by atoms with van der Waals surface area (Å²) in [6.45, 7) is 0. The van der Waals surface area contributed by atoms with Gasteiger partial charge in [-0.15, -0.1) is 0 Å². The second-order valence-corrected chi connectivity index (χ2v) is 5.48. The van der Waals surface area contributed by atoms with E-state index in [2.05, 4.69) is 40.2 Å². The zero-order valence-corrected chi connectivity index (χ0v) is 10.6. The highest BCUT2D eigenvalue weighted by atomic mass is 79.9. The predicted molar refractivity (Wildman–Crippen MR) is 65.1 cm³/mol. The van der Waals surface area contributed by atoms with E-state index in [0.717, 1.165) is 10.9 Å². The zero-order valence-electron chi connectivity index (χ0n) is 8.30. The normalized spacial score (nSPS) is 17.5. The van der Waals surface area contributed by atoms with E-state index < -0.39 is 0 Å². The fourth-order valence-electron chi connectivity index (χ4n) is 1.97. The maximum Gasteiger partial charge on any atom is 0.221 e. The maximum atomic E-state index is 10.8. The molecule has 1 aliphatic carbocycles. The van der Waals surface area contributed by atoms with Gasteiger partial charge in [-0.1, -0.05) is 28.1 Å². The summed E-state index contributed by atoms with van der Waals surface area (Å²) in [7, 11) is 0. The molecule has 0 aromatic heterocycles. The highest BCUT2D eigenvalue weighted by Crippen LogP contribution is 2.51. The Morgan fingerprint density at radius 1 is 1.33 bits per heavy atom. The van der Waals surface area contributed by atoms with Crippen LogP contribution in [0, 0.1) is 0 Å². The van der Waals surface area contributed by atoms with Crippen molar-refractivity contribution in [2.45, 2.75) is 31.1 Å². The van der Waals surface area contributed by atoms with E-state index in [0.29, 0.717) is 6.42 Å². The molecule has 0 aliphatic heterocycles. The van der Waals surface area contributed by atoms with E-state index in [9.17, 15) is 4.79 Å². The van der Waals surface area contributed by atoms with Gasteiger partial charge >= 0.3 is 0 Å². The molecule has 80 valence electrons. The van der Waals surface area contributed by atoms with Crippen LogP contribution in [0.1, 0.15) is 31.2 Å². The summed E-state index contributed by atoms with van der Waals surface area (Å²) in [6.07, 6.45) is 3.73. The monoisotopic (exact) mass is 286 g/mol. The van der Waals surface area contributed by atoms with Gasteiger partial charge in [0.05, 0.1) is 0 Å². The number of benzene rings is 1. The third-order valence-electron chi connectivity index (χ3n) is 3.11. The summed E-state index contributed by atoms with van der Waals surface area (Å²) < 4.78 is 1.09. The summed E-state index contributed by atoms with van der Waals surface area (Å²) in [6, 6.07) is 8.38. The van der Waals surface area contributed by atoms with Crippen molar-refractivity contribution in [2.24, 2.45) is 0 Å². The summed E-state index contributed by atoms with van der Waals surface area (Å²) in [4.78, 5) is 10.8. The van der Waals surface area contributed by atoms with E-state index in [1.54, 1.807) is 0 Å². The average Bonchev–Trinajstić information content (AvgIpc) is 2.97. The van der Waals surface area contributed by atoms with Crippen molar-refractivity contribution in [1.29, 1.82) is 0 Å². The molecular weight excluding hydrogens is 275 g/mol. The Bertz CT molecular complexity index is 368. The summed E-state index contributed by atoms with van der Waals surface area (Å²) in [5.74, 6) is 0. The molecule has 0 unspecified atom stereocenters. The molecule has 0 heterocycles.